The van der Waals surface area contributed by atoms with Crippen LogP contribution in [0.5, 0.6) is 5.75 Å². The number of hydrogen-bond donors (Lipinski definition) is 1. The van der Waals surface area contributed by atoms with Crippen molar-refractivity contribution in [1.82, 2.24) is 14.7 Å². The molecule has 1 saturated heterocycles. The Balaban J connectivity index is 1.68. The molecular formula is C20H29N3O2. The number of methoxy groups -OCH3 is 1. The third kappa shape index (κ3) is 3.88. The van der Waals surface area contributed by atoms with Gasteiger partial charge < -0.3 is 9.84 Å². The molecule has 1 aromatic carbocycles. The molecule has 0 bridgehead atoms. The fraction of sp³-hybridized carbons (Fsp3) is 0.550. The summed E-state index contributed by atoms with van der Waals surface area (Å²) in [6, 6.07) is 7.92. The number of aliphatic hydroxyl groups is 1. The van der Waals surface area contributed by atoms with E-state index in [9.17, 15) is 5.11 Å². The van der Waals surface area contributed by atoms with E-state index in [0.717, 1.165) is 50.2 Å². The first-order valence-corrected chi connectivity index (χ1v) is 9.17. The standard InChI is InChI=1S/C20H29N3O2/c1-4-23-15-16(14-21-23)11-13-22-12-5-6-19(22)20(2,24)17-7-9-18(25-3)10-8-17/h7-10,14-15,19,24H,4-6,11-13H2,1-3H3/t19-,20-/m1/s1. The third-order valence-electron chi connectivity index (χ3n) is 5.39. The van der Waals surface area contributed by atoms with E-state index in [4.69, 9.17) is 4.74 Å². The van der Waals surface area contributed by atoms with Gasteiger partial charge in [0.1, 0.15) is 11.4 Å². The average molecular weight is 343 g/mol. The second-order valence-corrected chi connectivity index (χ2v) is 7.02. The van der Waals surface area contributed by atoms with Crippen molar-refractivity contribution >= 4 is 0 Å². The number of likely N-dealkylation sites (tertiary alicyclic amines) is 1. The second-order valence-electron chi connectivity index (χ2n) is 7.02. The molecule has 1 N–H and O–H groups in total. The molecular weight excluding hydrogens is 314 g/mol. The van der Waals surface area contributed by atoms with Crippen LogP contribution in [0.1, 0.15) is 37.8 Å². The van der Waals surface area contributed by atoms with Crippen molar-refractivity contribution in [1.29, 1.82) is 0 Å². The van der Waals surface area contributed by atoms with Crippen LogP contribution in [0.2, 0.25) is 0 Å². The minimum Gasteiger partial charge on any atom is -0.497 e. The highest BCUT2D eigenvalue weighted by Gasteiger charge is 2.40. The summed E-state index contributed by atoms with van der Waals surface area (Å²) in [4.78, 5) is 2.42. The van der Waals surface area contributed by atoms with E-state index in [0.29, 0.717) is 0 Å². The quantitative estimate of drug-likeness (QED) is 0.840. The Morgan fingerprint density at radius 1 is 1.32 bits per heavy atom. The van der Waals surface area contributed by atoms with Crippen molar-refractivity contribution in [2.75, 3.05) is 20.2 Å². The van der Waals surface area contributed by atoms with Crippen LogP contribution in [0, 0.1) is 0 Å². The lowest BCUT2D eigenvalue weighted by Crippen LogP contribution is -2.46. The number of aryl methyl sites for hydroxylation is 1. The van der Waals surface area contributed by atoms with E-state index in [1.54, 1.807) is 7.11 Å². The van der Waals surface area contributed by atoms with E-state index >= 15 is 0 Å². The van der Waals surface area contributed by atoms with Crippen molar-refractivity contribution in [3.05, 3.63) is 47.8 Å². The monoisotopic (exact) mass is 343 g/mol. The van der Waals surface area contributed by atoms with Gasteiger partial charge in [-0.15, -0.1) is 0 Å². The van der Waals surface area contributed by atoms with Gasteiger partial charge in [-0.05, 0) is 62.9 Å². The fourth-order valence-corrected chi connectivity index (χ4v) is 3.83. The molecule has 0 amide bonds. The zero-order valence-electron chi connectivity index (χ0n) is 15.5. The van der Waals surface area contributed by atoms with Crippen LogP contribution < -0.4 is 4.74 Å². The van der Waals surface area contributed by atoms with Gasteiger partial charge in [-0.2, -0.15) is 5.10 Å². The second kappa shape index (κ2) is 7.58. The summed E-state index contributed by atoms with van der Waals surface area (Å²) in [5, 5.41) is 15.6. The molecule has 1 aliphatic heterocycles. The Kier molecular flexibility index (Phi) is 5.45. The molecule has 2 atom stereocenters. The Hall–Kier alpha value is -1.85. The summed E-state index contributed by atoms with van der Waals surface area (Å²) in [6.45, 7) is 6.93. The number of benzene rings is 1. The van der Waals surface area contributed by atoms with Crippen LogP contribution in [-0.2, 0) is 18.6 Å². The Morgan fingerprint density at radius 2 is 2.08 bits per heavy atom. The molecule has 25 heavy (non-hydrogen) atoms. The first kappa shape index (κ1) is 18.0. The normalized spacial score (nSPS) is 20.6. The molecule has 0 unspecified atom stereocenters. The smallest absolute Gasteiger partial charge is 0.118 e. The molecule has 5 heteroatoms. The molecule has 136 valence electrons. The first-order valence-electron chi connectivity index (χ1n) is 9.17. The highest BCUT2D eigenvalue weighted by atomic mass is 16.5. The number of aromatic nitrogens is 2. The van der Waals surface area contributed by atoms with Crippen LogP contribution >= 0.6 is 0 Å². The van der Waals surface area contributed by atoms with E-state index < -0.39 is 5.60 Å². The molecule has 5 nitrogen and oxygen atoms in total. The summed E-state index contributed by atoms with van der Waals surface area (Å²) >= 11 is 0. The van der Waals surface area contributed by atoms with Crippen LogP contribution in [0.25, 0.3) is 0 Å². The van der Waals surface area contributed by atoms with Gasteiger partial charge in [0.05, 0.1) is 13.3 Å². The van der Waals surface area contributed by atoms with Gasteiger partial charge in [0.15, 0.2) is 0 Å². The van der Waals surface area contributed by atoms with Crippen LogP contribution in [0.15, 0.2) is 36.7 Å². The molecule has 0 saturated carbocycles. The van der Waals surface area contributed by atoms with Crippen molar-refractivity contribution < 1.29 is 9.84 Å². The summed E-state index contributed by atoms with van der Waals surface area (Å²) in [6.07, 6.45) is 7.19. The lowest BCUT2D eigenvalue weighted by molar-refractivity contribution is -0.0226. The molecule has 0 radical (unpaired) electrons. The summed E-state index contributed by atoms with van der Waals surface area (Å²) in [5.41, 5.74) is 1.34. The van der Waals surface area contributed by atoms with Gasteiger partial charge in [-0.25, -0.2) is 0 Å². The highest BCUT2D eigenvalue weighted by molar-refractivity contribution is 5.31. The number of ether oxygens (including phenoxy) is 1. The van der Waals surface area contributed by atoms with Gasteiger partial charge in [0.25, 0.3) is 0 Å². The molecule has 1 aliphatic rings. The van der Waals surface area contributed by atoms with Crippen molar-refractivity contribution in [2.24, 2.45) is 0 Å². The van der Waals surface area contributed by atoms with Crippen LogP contribution in [0.3, 0.4) is 0 Å². The predicted octanol–water partition coefficient (Wildman–Crippen LogP) is 2.83. The van der Waals surface area contributed by atoms with Crippen LogP contribution in [-0.4, -0.2) is 46.0 Å². The number of rotatable bonds is 7. The highest BCUT2D eigenvalue weighted by Crippen LogP contribution is 2.35. The third-order valence-corrected chi connectivity index (χ3v) is 5.39. The predicted molar refractivity (Wildman–Crippen MR) is 98.8 cm³/mol. The minimum atomic E-state index is -0.865. The van der Waals surface area contributed by atoms with Crippen LogP contribution in [0.4, 0.5) is 0 Å². The van der Waals surface area contributed by atoms with Gasteiger partial charge in [-0.3, -0.25) is 9.58 Å². The minimum absolute atomic E-state index is 0.141. The maximum Gasteiger partial charge on any atom is 0.118 e. The zero-order valence-corrected chi connectivity index (χ0v) is 15.5. The van der Waals surface area contributed by atoms with E-state index in [-0.39, 0.29) is 6.04 Å². The molecule has 2 heterocycles. The van der Waals surface area contributed by atoms with Gasteiger partial charge >= 0.3 is 0 Å². The van der Waals surface area contributed by atoms with Crippen molar-refractivity contribution in [2.45, 2.75) is 51.3 Å². The molecule has 2 aromatic rings. The summed E-state index contributed by atoms with van der Waals surface area (Å²) in [5.74, 6) is 0.816. The molecule has 1 aromatic heterocycles. The first-order chi connectivity index (χ1) is 12.0. The molecule has 0 aliphatic carbocycles. The molecule has 0 spiro atoms. The maximum absolute atomic E-state index is 11.3. The molecule has 3 rings (SSSR count). The van der Waals surface area contributed by atoms with Gasteiger partial charge in [0.2, 0.25) is 0 Å². The summed E-state index contributed by atoms with van der Waals surface area (Å²) < 4.78 is 7.19. The maximum atomic E-state index is 11.3. The average Bonchev–Trinajstić information content (AvgIpc) is 3.29. The lowest BCUT2D eigenvalue weighted by atomic mass is 9.86. The summed E-state index contributed by atoms with van der Waals surface area (Å²) in [7, 11) is 1.66. The van der Waals surface area contributed by atoms with Gasteiger partial charge in [-0.1, -0.05) is 12.1 Å². The lowest BCUT2D eigenvalue weighted by Gasteiger charge is -2.37. The van der Waals surface area contributed by atoms with E-state index in [1.807, 2.05) is 42.1 Å². The van der Waals surface area contributed by atoms with Crippen molar-refractivity contribution in [3.8, 4) is 5.75 Å². The van der Waals surface area contributed by atoms with Gasteiger partial charge in [0, 0.05) is 25.3 Å². The Bertz CT molecular complexity index is 679. The zero-order chi connectivity index (χ0) is 17.9. The Labute approximate surface area is 150 Å². The Morgan fingerprint density at radius 3 is 2.72 bits per heavy atom. The number of hydrogen-bond acceptors (Lipinski definition) is 4. The fourth-order valence-electron chi connectivity index (χ4n) is 3.83. The van der Waals surface area contributed by atoms with Crippen molar-refractivity contribution in [3.63, 3.8) is 0 Å². The SMILES string of the molecule is CCn1cc(CCN2CCC[C@@H]2[C@](C)(O)c2ccc(OC)cc2)cn1. The topological polar surface area (TPSA) is 50.5 Å². The van der Waals surface area contributed by atoms with E-state index in [2.05, 4.69) is 23.1 Å². The van der Waals surface area contributed by atoms with E-state index in [1.165, 1.54) is 5.56 Å². The number of nitrogens with zero attached hydrogens (tertiary/aromatic N) is 3. The largest absolute Gasteiger partial charge is 0.497 e. The molecule has 1 fully saturated rings.